The number of ether oxygens (including phenoxy) is 2. The lowest BCUT2D eigenvalue weighted by molar-refractivity contribution is -0.146. The number of carbonyl (C=O) groups excluding carboxylic acids is 2. The first-order valence-corrected chi connectivity index (χ1v) is 5.29. The topological polar surface area (TPSA) is 76.1 Å². The molecule has 0 aromatic rings. The Bertz CT molecular complexity index is 248. The van der Waals surface area contributed by atoms with Gasteiger partial charge in [-0.3, -0.25) is 4.79 Å². The molecule has 6 heteroatoms. The van der Waals surface area contributed by atoms with Gasteiger partial charge >= 0.3 is 12.1 Å². The molecule has 1 rings (SSSR count). The predicted molar refractivity (Wildman–Crippen MR) is 54.7 cm³/mol. The number of piperidine rings is 1. The van der Waals surface area contributed by atoms with Crippen molar-refractivity contribution in [3.63, 3.8) is 0 Å². The second kappa shape index (κ2) is 6.32. The number of aliphatic hydroxyl groups excluding tert-OH is 1. The molecule has 0 unspecified atom stereocenters. The zero-order valence-electron chi connectivity index (χ0n) is 9.35. The molecule has 1 saturated heterocycles. The van der Waals surface area contributed by atoms with Gasteiger partial charge in [-0.15, -0.1) is 0 Å². The van der Waals surface area contributed by atoms with Gasteiger partial charge in [-0.05, 0) is 12.8 Å². The van der Waals surface area contributed by atoms with E-state index in [-0.39, 0.29) is 25.1 Å². The molecule has 1 N–H and O–H groups in total. The van der Waals surface area contributed by atoms with Crippen LogP contribution in [-0.4, -0.2) is 55.5 Å². The lowest BCUT2D eigenvalue weighted by Gasteiger charge is -2.29. The van der Waals surface area contributed by atoms with Gasteiger partial charge in [-0.25, -0.2) is 4.79 Å². The number of hydrogen-bond donors (Lipinski definition) is 1. The lowest BCUT2D eigenvalue weighted by Crippen LogP contribution is -2.41. The fraction of sp³-hybridized carbons (Fsp3) is 0.800. The van der Waals surface area contributed by atoms with Crippen LogP contribution in [0.1, 0.15) is 12.8 Å². The predicted octanol–water partition coefficient (Wildman–Crippen LogP) is 0.000300. The van der Waals surface area contributed by atoms with Crippen molar-refractivity contribution in [3.8, 4) is 0 Å². The number of nitrogens with zero attached hydrogens (tertiary/aromatic N) is 1. The molecule has 0 radical (unpaired) electrons. The summed E-state index contributed by atoms with van der Waals surface area (Å²) in [6.45, 7) is 0.814. The highest BCUT2D eigenvalue weighted by atomic mass is 16.6. The highest BCUT2D eigenvalue weighted by Gasteiger charge is 2.28. The summed E-state index contributed by atoms with van der Waals surface area (Å²) in [5.41, 5.74) is 0. The zero-order valence-corrected chi connectivity index (χ0v) is 9.35. The maximum Gasteiger partial charge on any atom is 0.409 e. The van der Waals surface area contributed by atoms with Gasteiger partial charge in [0.25, 0.3) is 0 Å². The zero-order chi connectivity index (χ0) is 12.0. The van der Waals surface area contributed by atoms with Crippen LogP contribution in [0.25, 0.3) is 0 Å². The first-order chi connectivity index (χ1) is 7.69. The van der Waals surface area contributed by atoms with Crippen molar-refractivity contribution in [3.05, 3.63) is 0 Å². The van der Waals surface area contributed by atoms with Crippen LogP contribution in [0, 0.1) is 5.92 Å². The third-order valence-electron chi connectivity index (χ3n) is 2.60. The third-order valence-corrected chi connectivity index (χ3v) is 2.60. The highest BCUT2D eigenvalue weighted by molar-refractivity contribution is 5.73. The van der Waals surface area contributed by atoms with Crippen molar-refractivity contribution in [2.45, 2.75) is 12.8 Å². The standard InChI is InChI=1S/C10H17NO5/c1-15-9(13)8-2-4-11(5-3-8)10(14)16-7-6-12/h8,12H,2-7H2,1H3. The van der Waals surface area contributed by atoms with Crippen molar-refractivity contribution >= 4 is 12.1 Å². The van der Waals surface area contributed by atoms with E-state index in [4.69, 9.17) is 9.84 Å². The number of methoxy groups -OCH3 is 1. The van der Waals surface area contributed by atoms with E-state index < -0.39 is 6.09 Å². The molecule has 1 amide bonds. The second-order valence-electron chi connectivity index (χ2n) is 3.62. The van der Waals surface area contributed by atoms with Crippen LogP contribution in [0.4, 0.5) is 4.79 Å². The summed E-state index contributed by atoms with van der Waals surface area (Å²) >= 11 is 0. The number of amides is 1. The molecule has 1 fully saturated rings. The SMILES string of the molecule is COC(=O)C1CCN(C(=O)OCCO)CC1. The first kappa shape index (κ1) is 12.8. The molecule has 0 saturated carbocycles. The number of likely N-dealkylation sites (tertiary alicyclic amines) is 1. The van der Waals surface area contributed by atoms with E-state index >= 15 is 0 Å². The second-order valence-corrected chi connectivity index (χ2v) is 3.62. The fourth-order valence-electron chi connectivity index (χ4n) is 1.69. The Morgan fingerprint density at radius 2 is 2.00 bits per heavy atom. The van der Waals surface area contributed by atoms with Crippen molar-refractivity contribution in [2.75, 3.05) is 33.4 Å². The maximum absolute atomic E-state index is 11.4. The Labute approximate surface area is 94.1 Å². The Morgan fingerprint density at radius 1 is 1.38 bits per heavy atom. The average Bonchev–Trinajstić information content (AvgIpc) is 2.35. The quantitative estimate of drug-likeness (QED) is 0.692. The molecule has 1 aliphatic heterocycles. The van der Waals surface area contributed by atoms with E-state index in [1.165, 1.54) is 12.0 Å². The smallest absolute Gasteiger partial charge is 0.409 e. The molecule has 0 aromatic carbocycles. The lowest BCUT2D eigenvalue weighted by atomic mass is 9.97. The van der Waals surface area contributed by atoms with Gasteiger partial charge < -0.3 is 19.5 Å². The van der Waals surface area contributed by atoms with E-state index in [9.17, 15) is 9.59 Å². The van der Waals surface area contributed by atoms with E-state index in [1.54, 1.807) is 0 Å². The number of carbonyl (C=O) groups is 2. The molecule has 0 aromatic heterocycles. The van der Waals surface area contributed by atoms with Gasteiger partial charge in [0.05, 0.1) is 19.6 Å². The number of rotatable bonds is 3. The van der Waals surface area contributed by atoms with Crippen LogP contribution in [0.5, 0.6) is 0 Å². The summed E-state index contributed by atoms with van der Waals surface area (Å²) in [7, 11) is 1.37. The maximum atomic E-state index is 11.4. The van der Waals surface area contributed by atoms with Crippen molar-refractivity contribution < 1.29 is 24.2 Å². The molecule has 1 heterocycles. The summed E-state index contributed by atoms with van der Waals surface area (Å²) in [5.74, 6) is -0.338. The van der Waals surface area contributed by atoms with Crippen molar-refractivity contribution in [1.29, 1.82) is 0 Å². The minimum Gasteiger partial charge on any atom is -0.469 e. The Morgan fingerprint density at radius 3 is 2.50 bits per heavy atom. The van der Waals surface area contributed by atoms with Crippen LogP contribution in [0.15, 0.2) is 0 Å². The highest BCUT2D eigenvalue weighted by Crippen LogP contribution is 2.18. The van der Waals surface area contributed by atoms with Crippen LogP contribution >= 0.6 is 0 Å². The summed E-state index contributed by atoms with van der Waals surface area (Å²) in [5, 5.41) is 8.50. The third kappa shape index (κ3) is 3.37. The van der Waals surface area contributed by atoms with Crippen LogP contribution in [0.3, 0.4) is 0 Å². The minimum atomic E-state index is -0.433. The molecule has 0 aliphatic carbocycles. The summed E-state index contributed by atoms with van der Waals surface area (Å²) < 4.78 is 9.42. The van der Waals surface area contributed by atoms with E-state index in [0.29, 0.717) is 25.9 Å². The molecule has 16 heavy (non-hydrogen) atoms. The molecule has 0 spiro atoms. The van der Waals surface area contributed by atoms with Gasteiger partial charge in [0.1, 0.15) is 6.61 Å². The minimum absolute atomic E-state index is 0.00969. The Kier molecular flexibility index (Phi) is 5.04. The van der Waals surface area contributed by atoms with E-state index in [0.717, 1.165) is 0 Å². The van der Waals surface area contributed by atoms with Crippen molar-refractivity contribution in [2.24, 2.45) is 5.92 Å². The van der Waals surface area contributed by atoms with Crippen LogP contribution in [0.2, 0.25) is 0 Å². The molecular weight excluding hydrogens is 214 g/mol. The van der Waals surface area contributed by atoms with Crippen molar-refractivity contribution in [1.82, 2.24) is 4.90 Å². The Balaban J connectivity index is 2.31. The molecule has 0 bridgehead atoms. The number of hydrogen-bond acceptors (Lipinski definition) is 5. The molecular formula is C10H17NO5. The average molecular weight is 231 g/mol. The summed E-state index contributed by atoms with van der Waals surface area (Å²) in [6, 6.07) is 0. The van der Waals surface area contributed by atoms with Crippen LogP contribution in [-0.2, 0) is 14.3 Å². The largest absolute Gasteiger partial charge is 0.469 e. The molecule has 6 nitrogen and oxygen atoms in total. The number of esters is 1. The van der Waals surface area contributed by atoms with Gasteiger partial charge in [0, 0.05) is 13.1 Å². The van der Waals surface area contributed by atoms with E-state index in [1.807, 2.05) is 0 Å². The van der Waals surface area contributed by atoms with Gasteiger partial charge in [0.15, 0.2) is 0 Å². The fourth-order valence-corrected chi connectivity index (χ4v) is 1.69. The first-order valence-electron chi connectivity index (χ1n) is 5.29. The molecule has 0 atom stereocenters. The summed E-state index contributed by atoms with van der Waals surface area (Å²) in [4.78, 5) is 24.1. The normalized spacial score (nSPS) is 17.0. The summed E-state index contributed by atoms with van der Waals surface area (Å²) in [6.07, 6.45) is 0.763. The molecule has 92 valence electrons. The van der Waals surface area contributed by atoms with E-state index in [2.05, 4.69) is 4.74 Å². The number of aliphatic hydroxyl groups is 1. The molecule has 1 aliphatic rings. The van der Waals surface area contributed by atoms with Gasteiger partial charge in [-0.2, -0.15) is 0 Å². The van der Waals surface area contributed by atoms with Gasteiger partial charge in [0.2, 0.25) is 0 Å². The van der Waals surface area contributed by atoms with Gasteiger partial charge in [-0.1, -0.05) is 0 Å². The Hall–Kier alpha value is -1.30. The van der Waals surface area contributed by atoms with Crippen LogP contribution < -0.4 is 0 Å². The monoisotopic (exact) mass is 231 g/mol.